The molecular formula is C28H20ClF6N7O3S. The highest BCUT2D eigenvalue weighted by molar-refractivity contribution is 8.15. The third-order valence-corrected chi connectivity index (χ3v) is 7.52. The number of nitrogens with zero attached hydrogens (tertiary/aromatic N) is 5. The lowest BCUT2D eigenvalue weighted by Crippen LogP contribution is -2.39. The van der Waals surface area contributed by atoms with Crippen LogP contribution < -0.4 is 20.5 Å². The summed E-state index contributed by atoms with van der Waals surface area (Å²) in [4.78, 5) is 33.8. The van der Waals surface area contributed by atoms with Crippen molar-refractivity contribution in [3.05, 3.63) is 89.2 Å². The van der Waals surface area contributed by atoms with Crippen molar-refractivity contribution in [1.29, 1.82) is 0 Å². The van der Waals surface area contributed by atoms with Gasteiger partial charge in [-0.1, -0.05) is 47.6 Å². The second kappa shape index (κ2) is 13.0. The van der Waals surface area contributed by atoms with Crippen LogP contribution >= 0.6 is 23.4 Å². The van der Waals surface area contributed by atoms with E-state index >= 15 is 0 Å². The van der Waals surface area contributed by atoms with Crippen molar-refractivity contribution in [2.75, 3.05) is 10.7 Å². The molecule has 3 aromatic carbocycles. The zero-order valence-electron chi connectivity index (χ0n) is 23.2. The van der Waals surface area contributed by atoms with E-state index in [9.17, 15) is 35.9 Å². The molecule has 1 aliphatic heterocycles. The van der Waals surface area contributed by atoms with E-state index in [1.54, 1.807) is 31.2 Å². The number of urea groups is 1. The number of carbonyl (C=O) groups excluding carboxylic acids is 2. The second-order valence-corrected chi connectivity index (χ2v) is 10.9. The SMILES string of the molecule is CC(NNC(=O)/N=C1\SCC(=O)N1c1cc(Cl)ccc1C(F)(F)F)c1ccc(-c2ncn(-c3ccc(OC(F)(F)F)cc3)n2)cc1. The summed E-state index contributed by atoms with van der Waals surface area (Å²) in [6.07, 6.45) is -8.18. The quantitative estimate of drug-likeness (QED) is 0.161. The molecule has 240 valence electrons. The Kier molecular flexibility index (Phi) is 9.27. The maximum Gasteiger partial charge on any atom is 0.573 e. The topological polar surface area (TPSA) is 114 Å². The lowest BCUT2D eigenvalue weighted by molar-refractivity contribution is -0.274. The fourth-order valence-electron chi connectivity index (χ4n) is 4.22. The van der Waals surface area contributed by atoms with Crippen LogP contribution in [0, 0.1) is 0 Å². The van der Waals surface area contributed by atoms with Crippen molar-refractivity contribution in [2.45, 2.75) is 25.5 Å². The highest BCUT2D eigenvalue weighted by Gasteiger charge is 2.40. The number of amidine groups is 1. The zero-order valence-corrected chi connectivity index (χ0v) is 24.8. The van der Waals surface area contributed by atoms with Crippen LogP contribution in [0.2, 0.25) is 5.02 Å². The predicted molar refractivity (Wildman–Crippen MR) is 157 cm³/mol. The molecule has 1 saturated heterocycles. The van der Waals surface area contributed by atoms with Gasteiger partial charge in [-0.05, 0) is 55.0 Å². The number of benzene rings is 3. The van der Waals surface area contributed by atoms with Gasteiger partial charge >= 0.3 is 18.6 Å². The summed E-state index contributed by atoms with van der Waals surface area (Å²) >= 11 is 6.71. The molecule has 1 unspecified atom stereocenters. The van der Waals surface area contributed by atoms with E-state index in [4.69, 9.17) is 11.6 Å². The summed E-state index contributed by atoms with van der Waals surface area (Å²) < 4.78 is 83.3. The molecule has 1 fully saturated rings. The number of amides is 3. The molecule has 0 radical (unpaired) electrons. The number of carbonyl (C=O) groups is 2. The summed E-state index contributed by atoms with van der Waals surface area (Å²) in [6.45, 7) is 1.73. The lowest BCUT2D eigenvalue weighted by atomic mass is 10.1. The molecule has 46 heavy (non-hydrogen) atoms. The molecular weight excluding hydrogens is 664 g/mol. The Balaban J connectivity index is 1.21. The number of hydrogen-bond acceptors (Lipinski definition) is 7. The number of ether oxygens (including phenoxy) is 1. The average Bonchev–Trinajstić information content (AvgIpc) is 3.62. The normalized spacial score (nSPS) is 15.3. The lowest BCUT2D eigenvalue weighted by Gasteiger charge is -2.21. The number of aliphatic imine (C=N–C) groups is 1. The van der Waals surface area contributed by atoms with Gasteiger partial charge in [-0.25, -0.2) is 19.9 Å². The number of nitrogens with one attached hydrogen (secondary N) is 2. The van der Waals surface area contributed by atoms with E-state index in [0.29, 0.717) is 22.0 Å². The Morgan fingerprint density at radius 3 is 2.39 bits per heavy atom. The first kappa shape index (κ1) is 32.8. The third-order valence-electron chi connectivity index (χ3n) is 6.36. The summed E-state index contributed by atoms with van der Waals surface area (Å²) in [5, 5.41) is 4.07. The minimum absolute atomic E-state index is 0.0321. The summed E-state index contributed by atoms with van der Waals surface area (Å²) in [5.41, 5.74) is 5.28. The highest BCUT2D eigenvalue weighted by atomic mass is 35.5. The van der Waals surface area contributed by atoms with Crippen LogP contribution in [0.3, 0.4) is 0 Å². The van der Waals surface area contributed by atoms with E-state index in [1.165, 1.54) is 23.1 Å². The molecule has 3 amide bonds. The van der Waals surface area contributed by atoms with Crippen molar-refractivity contribution in [2.24, 2.45) is 4.99 Å². The molecule has 0 bridgehead atoms. The van der Waals surface area contributed by atoms with Gasteiger partial charge in [0.1, 0.15) is 12.1 Å². The molecule has 0 aliphatic carbocycles. The minimum Gasteiger partial charge on any atom is -0.406 e. The Morgan fingerprint density at radius 1 is 1.04 bits per heavy atom. The van der Waals surface area contributed by atoms with Crippen LogP contribution in [0.25, 0.3) is 17.1 Å². The molecule has 5 rings (SSSR count). The Bertz CT molecular complexity index is 1780. The number of hydrogen-bond donors (Lipinski definition) is 2. The van der Waals surface area contributed by atoms with Gasteiger partial charge in [-0.3, -0.25) is 15.1 Å². The van der Waals surface area contributed by atoms with Crippen molar-refractivity contribution in [3.8, 4) is 22.8 Å². The Morgan fingerprint density at radius 2 is 1.74 bits per heavy atom. The van der Waals surface area contributed by atoms with Crippen molar-refractivity contribution in [1.82, 2.24) is 25.6 Å². The number of halogens is 7. The number of thioether (sulfide) groups is 1. The predicted octanol–water partition coefficient (Wildman–Crippen LogP) is 6.92. The number of hydrazine groups is 1. The van der Waals surface area contributed by atoms with Crippen LogP contribution in [0.15, 0.2) is 78.0 Å². The maximum absolute atomic E-state index is 13.6. The van der Waals surface area contributed by atoms with Gasteiger partial charge in [0.05, 0.1) is 22.7 Å². The molecule has 10 nitrogen and oxygen atoms in total. The van der Waals surface area contributed by atoms with Gasteiger partial charge < -0.3 is 4.74 Å². The fourth-order valence-corrected chi connectivity index (χ4v) is 5.25. The number of rotatable bonds is 7. The van der Waals surface area contributed by atoms with Crippen LogP contribution in [-0.4, -0.2) is 44.0 Å². The third kappa shape index (κ3) is 7.78. The molecule has 18 heteroatoms. The standard InChI is InChI=1S/C28H20ClF6N7O3S/c1-15(38-39-25(44)37-26-42(23(43)13-46-26)22-12-18(29)6-11-21(22)27(30,31)32)16-2-4-17(5-3-16)24-36-14-41(40-24)19-7-9-20(10-8-19)45-28(33,34)35/h2-12,14-15,38H,13H2,1H3,(H,39,44)/b37-26-. The smallest absolute Gasteiger partial charge is 0.406 e. The molecule has 2 N–H and O–H groups in total. The van der Waals surface area contributed by atoms with Gasteiger partial charge in [0.25, 0.3) is 0 Å². The number of alkyl halides is 6. The minimum atomic E-state index is -4.80. The number of aromatic nitrogens is 3. The van der Waals surface area contributed by atoms with Crippen LogP contribution in [0.5, 0.6) is 5.75 Å². The average molecular weight is 684 g/mol. The van der Waals surface area contributed by atoms with E-state index < -0.39 is 41.8 Å². The Hall–Kier alpha value is -4.61. The number of anilines is 1. The van der Waals surface area contributed by atoms with Crippen LogP contribution in [-0.2, 0) is 11.0 Å². The van der Waals surface area contributed by atoms with Gasteiger partial charge in [0.15, 0.2) is 11.0 Å². The molecule has 2 heterocycles. The first-order valence-corrected chi connectivity index (χ1v) is 14.4. The van der Waals surface area contributed by atoms with Gasteiger partial charge in [0.2, 0.25) is 5.91 Å². The molecule has 0 spiro atoms. The summed E-state index contributed by atoms with van der Waals surface area (Å²) in [5.74, 6) is -0.945. The molecule has 1 aliphatic rings. The summed E-state index contributed by atoms with van der Waals surface area (Å²) in [6, 6.07) is 13.4. The van der Waals surface area contributed by atoms with Crippen molar-refractivity contribution >= 4 is 46.2 Å². The second-order valence-electron chi connectivity index (χ2n) is 9.54. The maximum atomic E-state index is 13.6. The van der Waals surface area contributed by atoms with Crippen molar-refractivity contribution < 1.29 is 40.7 Å². The molecule has 4 aromatic rings. The molecule has 1 atom stereocenters. The van der Waals surface area contributed by atoms with Crippen molar-refractivity contribution in [3.63, 3.8) is 0 Å². The fraction of sp³-hybridized carbons (Fsp3) is 0.179. The van der Waals surface area contributed by atoms with Crippen LogP contribution in [0.1, 0.15) is 24.1 Å². The largest absolute Gasteiger partial charge is 0.573 e. The Labute approximate surface area is 265 Å². The van der Waals surface area contributed by atoms with Crippen LogP contribution in [0.4, 0.5) is 36.8 Å². The highest BCUT2D eigenvalue weighted by Crippen LogP contribution is 2.40. The van der Waals surface area contributed by atoms with E-state index in [0.717, 1.165) is 47.7 Å². The zero-order chi connectivity index (χ0) is 33.2. The van der Waals surface area contributed by atoms with E-state index in [2.05, 4.69) is 30.7 Å². The first-order chi connectivity index (χ1) is 21.7. The molecule has 1 aromatic heterocycles. The van der Waals surface area contributed by atoms with Gasteiger partial charge in [0, 0.05) is 16.6 Å². The first-order valence-electron chi connectivity index (χ1n) is 13.0. The summed E-state index contributed by atoms with van der Waals surface area (Å²) in [7, 11) is 0. The monoisotopic (exact) mass is 683 g/mol. The van der Waals surface area contributed by atoms with E-state index in [1.807, 2.05) is 0 Å². The van der Waals surface area contributed by atoms with Gasteiger partial charge in [-0.15, -0.1) is 18.3 Å². The van der Waals surface area contributed by atoms with E-state index in [-0.39, 0.29) is 21.7 Å². The van der Waals surface area contributed by atoms with Gasteiger partial charge in [-0.2, -0.15) is 18.2 Å². The molecule has 0 saturated carbocycles.